The monoisotopic (exact) mass is 775 g/mol. The van der Waals surface area contributed by atoms with Gasteiger partial charge in [-0.3, -0.25) is 18.8 Å². The number of ether oxygens (including phenoxy) is 1. The summed E-state index contributed by atoms with van der Waals surface area (Å²) in [5.74, 6) is -0.571. The highest BCUT2D eigenvalue weighted by atomic mass is 35.5. The van der Waals surface area contributed by atoms with Gasteiger partial charge in [0, 0.05) is 99.0 Å². The molecule has 0 spiro atoms. The predicted octanol–water partition coefficient (Wildman–Crippen LogP) is 4.84. The molecule has 2 atom stereocenters. The van der Waals surface area contributed by atoms with Crippen LogP contribution in [0.1, 0.15) is 30.4 Å². The number of carbonyl (C=O) groups excluding carboxylic acids is 2. The van der Waals surface area contributed by atoms with Crippen LogP contribution in [0.25, 0.3) is 39.2 Å². The van der Waals surface area contributed by atoms with Crippen molar-refractivity contribution in [2.45, 2.75) is 44.5 Å². The molecule has 4 heterocycles. The summed E-state index contributed by atoms with van der Waals surface area (Å²) in [6, 6.07) is 15.7. The van der Waals surface area contributed by atoms with E-state index in [1.165, 1.54) is 28.7 Å². The fraction of sp³-hybridized carbons (Fsp3) is 0.308. The van der Waals surface area contributed by atoms with Gasteiger partial charge in [0.05, 0.1) is 40.9 Å². The molecule has 1 fully saturated rings. The first-order chi connectivity index (χ1) is 25.9. The molecule has 282 valence electrons. The number of hydrogen-bond donors (Lipinski definition) is 4. The van der Waals surface area contributed by atoms with Crippen LogP contribution in [-0.2, 0) is 22.7 Å². The summed E-state index contributed by atoms with van der Waals surface area (Å²) < 4.78 is 22.5. The van der Waals surface area contributed by atoms with Gasteiger partial charge in [-0.25, -0.2) is 14.4 Å². The first-order valence-corrected chi connectivity index (χ1v) is 18.1. The van der Waals surface area contributed by atoms with Crippen molar-refractivity contribution in [3.8, 4) is 39.4 Å². The van der Waals surface area contributed by atoms with Crippen molar-refractivity contribution in [3.05, 3.63) is 104 Å². The Morgan fingerprint density at radius 3 is 2.44 bits per heavy atom. The van der Waals surface area contributed by atoms with Gasteiger partial charge in [0.15, 0.2) is 0 Å². The lowest BCUT2D eigenvalue weighted by Crippen LogP contribution is -2.35. The summed E-state index contributed by atoms with van der Waals surface area (Å²) in [5.41, 5.74) is 4.20. The van der Waals surface area contributed by atoms with Crippen LogP contribution >= 0.6 is 23.2 Å². The number of aliphatic hydroxyl groups is 1. The molecule has 15 heteroatoms. The Hall–Kier alpha value is -4.92. The maximum atomic E-state index is 15.6. The van der Waals surface area contributed by atoms with Gasteiger partial charge in [-0.1, -0.05) is 59.6 Å². The first kappa shape index (κ1) is 38.8. The summed E-state index contributed by atoms with van der Waals surface area (Å²) in [4.78, 5) is 47.1. The van der Waals surface area contributed by atoms with Crippen LogP contribution in [0.15, 0.2) is 71.8 Å². The Morgan fingerprint density at radius 2 is 1.76 bits per heavy atom. The first-order valence-electron chi connectivity index (χ1n) is 17.4. The Morgan fingerprint density at radius 1 is 1.06 bits per heavy atom. The molecular weight excluding hydrogens is 736 g/mol. The van der Waals surface area contributed by atoms with Gasteiger partial charge in [-0.2, -0.15) is 0 Å². The fourth-order valence-electron chi connectivity index (χ4n) is 6.32. The third-order valence-electron chi connectivity index (χ3n) is 9.26. The molecule has 6 rings (SSSR count). The predicted molar refractivity (Wildman–Crippen MR) is 206 cm³/mol. The molecule has 0 aliphatic carbocycles. The zero-order chi connectivity index (χ0) is 38.5. The van der Waals surface area contributed by atoms with E-state index < -0.39 is 11.9 Å². The highest BCUT2D eigenvalue weighted by Crippen LogP contribution is 2.42. The number of rotatable bonds is 14. The van der Waals surface area contributed by atoms with Gasteiger partial charge in [0.25, 0.3) is 5.56 Å². The molecular formula is C39H40Cl2FN7O5. The number of benzene rings is 2. The molecule has 12 nitrogen and oxygen atoms in total. The minimum absolute atomic E-state index is 0.00408. The van der Waals surface area contributed by atoms with Crippen molar-refractivity contribution >= 4 is 40.7 Å². The number of pyridine rings is 2. The standard InChI is InChI=1S/C39H40Cl2FN7O5/c1-48(2)35(52)15-25(50)20-43-17-23-18-45-33-14-22(12-13-49(33)39(23)53)26-6-4-7-27(36(26)40)28-8-5-9-29(37(28)41)32-16-31(42)30(38(47-32)54-3)21-44-19-24-10-11-34(51)46-24/h4-9,12-14,16,18,24-25,43-44,50H,10-11,15,17,19-21H2,1-3H3,(H,46,51)/t24-,25?/m1/s1. The van der Waals surface area contributed by atoms with E-state index in [2.05, 4.69) is 25.9 Å². The van der Waals surface area contributed by atoms with Crippen molar-refractivity contribution in [1.29, 1.82) is 0 Å². The van der Waals surface area contributed by atoms with Gasteiger partial charge in [0.1, 0.15) is 11.5 Å². The summed E-state index contributed by atoms with van der Waals surface area (Å²) in [5, 5.41) is 20.0. The Balaban J connectivity index is 1.22. The summed E-state index contributed by atoms with van der Waals surface area (Å²) >= 11 is 14.1. The minimum Gasteiger partial charge on any atom is -0.481 e. The number of hydrogen-bond acceptors (Lipinski definition) is 9. The van der Waals surface area contributed by atoms with Crippen molar-refractivity contribution in [2.24, 2.45) is 0 Å². The van der Waals surface area contributed by atoms with Gasteiger partial charge in [0.2, 0.25) is 17.7 Å². The van der Waals surface area contributed by atoms with E-state index in [9.17, 15) is 19.5 Å². The van der Waals surface area contributed by atoms with E-state index in [0.717, 1.165) is 6.42 Å². The second-order valence-corrected chi connectivity index (χ2v) is 14.0. The van der Waals surface area contributed by atoms with Crippen molar-refractivity contribution in [2.75, 3.05) is 34.3 Å². The Bertz CT molecular complexity index is 2270. The summed E-state index contributed by atoms with van der Waals surface area (Å²) in [6.07, 6.45) is 3.41. The molecule has 1 saturated heterocycles. The van der Waals surface area contributed by atoms with Crippen molar-refractivity contribution in [3.63, 3.8) is 0 Å². The van der Waals surface area contributed by atoms with Crippen LogP contribution in [0.3, 0.4) is 0 Å². The van der Waals surface area contributed by atoms with Crippen LogP contribution in [0.2, 0.25) is 10.0 Å². The largest absolute Gasteiger partial charge is 0.481 e. The molecule has 1 unspecified atom stereocenters. The molecule has 2 amide bonds. The van der Waals surface area contributed by atoms with E-state index in [1.54, 1.807) is 44.6 Å². The van der Waals surface area contributed by atoms with Crippen LogP contribution in [0, 0.1) is 5.82 Å². The van der Waals surface area contributed by atoms with E-state index in [0.29, 0.717) is 62.0 Å². The Kier molecular flexibility index (Phi) is 12.2. The number of methoxy groups -OCH3 is 1. The van der Waals surface area contributed by atoms with Gasteiger partial charge >= 0.3 is 0 Å². The molecule has 2 aromatic carbocycles. The lowest BCUT2D eigenvalue weighted by molar-refractivity contribution is -0.130. The number of aromatic nitrogens is 3. The lowest BCUT2D eigenvalue weighted by Gasteiger charge is -2.16. The molecule has 4 N–H and O–H groups in total. The quantitative estimate of drug-likeness (QED) is 0.124. The molecule has 1 aliphatic heterocycles. The molecule has 0 saturated carbocycles. The smallest absolute Gasteiger partial charge is 0.262 e. The van der Waals surface area contributed by atoms with Crippen molar-refractivity contribution in [1.82, 2.24) is 35.2 Å². The molecule has 0 bridgehead atoms. The SMILES string of the molecule is COc1nc(-c2cccc(-c3cccc(-c4ccn5c(=O)c(CNCC(O)CC(=O)N(C)C)cnc5c4)c3Cl)c2Cl)cc(F)c1CNC[C@H]1CCC(=O)N1. The van der Waals surface area contributed by atoms with Gasteiger partial charge in [-0.05, 0) is 24.1 Å². The van der Waals surface area contributed by atoms with E-state index in [4.69, 9.17) is 27.9 Å². The number of aliphatic hydroxyl groups excluding tert-OH is 1. The zero-order valence-corrected chi connectivity index (χ0v) is 31.5. The topological polar surface area (TPSA) is 150 Å². The molecule has 54 heavy (non-hydrogen) atoms. The third kappa shape index (κ3) is 8.56. The number of nitrogens with one attached hydrogen (secondary N) is 3. The number of carbonyl (C=O) groups is 2. The molecule has 0 radical (unpaired) electrons. The minimum atomic E-state index is -0.890. The van der Waals surface area contributed by atoms with Gasteiger partial charge in [-0.15, -0.1) is 0 Å². The average molecular weight is 777 g/mol. The van der Waals surface area contributed by atoms with E-state index in [-0.39, 0.29) is 66.6 Å². The third-order valence-corrected chi connectivity index (χ3v) is 10.1. The maximum Gasteiger partial charge on any atom is 0.262 e. The maximum absolute atomic E-state index is 15.6. The lowest BCUT2D eigenvalue weighted by atomic mass is 9.97. The van der Waals surface area contributed by atoms with Crippen LogP contribution in [-0.4, -0.2) is 82.6 Å². The molecule has 5 aromatic rings. The highest BCUT2D eigenvalue weighted by molar-refractivity contribution is 6.39. The Labute approximate surface area is 321 Å². The number of nitrogens with zero attached hydrogens (tertiary/aromatic N) is 4. The van der Waals surface area contributed by atoms with E-state index in [1.807, 2.05) is 24.3 Å². The van der Waals surface area contributed by atoms with Gasteiger partial charge < -0.3 is 30.7 Å². The summed E-state index contributed by atoms with van der Waals surface area (Å²) in [7, 11) is 4.67. The van der Waals surface area contributed by atoms with E-state index >= 15 is 4.39 Å². The fourth-order valence-corrected chi connectivity index (χ4v) is 6.98. The van der Waals surface area contributed by atoms with Crippen molar-refractivity contribution < 1.29 is 23.8 Å². The van der Waals surface area contributed by atoms with Crippen LogP contribution in [0.5, 0.6) is 5.88 Å². The molecule has 3 aromatic heterocycles. The van der Waals surface area contributed by atoms with Crippen LogP contribution < -0.4 is 26.2 Å². The second-order valence-electron chi connectivity index (χ2n) is 13.3. The summed E-state index contributed by atoms with van der Waals surface area (Å²) in [6.45, 7) is 0.954. The zero-order valence-electron chi connectivity index (χ0n) is 30.0. The van der Waals surface area contributed by atoms with Crippen LogP contribution in [0.4, 0.5) is 4.39 Å². The number of fused-ring (bicyclic) bond motifs is 1. The number of halogens is 3. The highest BCUT2D eigenvalue weighted by Gasteiger charge is 2.22. The molecule has 1 aliphatic rings. The normalized spacial score (nSPS) is 14.6. The number of amides is 2. The second kappa shape index (κ2) is 17.0. The average Bonchev–Trinajstić information content (AvgIpc) is 3.57.